The van der Waals surface area contributed by atoms with Crippen LogP contribution in [0.4, 0.5) is 0 Å². The van der Waals surface area contributed by atoms with Crippen LogP contribution in [0, 0.1) is 4.77 Å². The van der Waals surface area contributed by atoms with Gasteiger partial charge in [-0.25, -0.2) is 0 Å². The molecule has 0 aliphatic heterocycles. The predicted octanol–water partition coefficient (Wildman–Crippen LogP) is 2.25. The number of benzene rings is 1. The maximum Gasteiger partial charge on any atom is 0.259 e. The van der Waals surface area contributed by atoms with Crippen molar-refractivity contribution >= 4 is 24.3 Å². The highest BCUT2D eigenvalue weighted by atomic mass is 32.1. The van der Waals surface area contributed by atoms with Crippen molar-refractivity contribution < 1.29 is 14.3 Å². The second kappa shape index (κ2) is 9.14. The molecular formula is C17H23N5O3S. The molecule has 1 heterocycles. The molecule has 0 atom stereocenters. The van der Waals surface area contributed by atoms with Gasteiger partial charge in [-0.05, 0) is 42.9 Å². The van der Waals surface area contributed by atoms with Crippen LogP contribution >= 0.6 is 12.2 Å². The van der Waals surface area contributed by atoms with E-state index in [-0.39, 0.29) is 12.5 Å². The van der Waals surface area contributed by atoms with Gasteiger partial charge in [-0.3, -0.25) is 9.89 Å². The lowest BCUT2D eigenvalue weighted by Crippen LogP contribution is -2.27. The van der Waals surface area contributed by atoms with Crippen molar-refractivity contribution in [2.24, 2.45) is 5.10 Å². The largest absolute Gasteiger partial charge is 0.490 e. The first-order chi connectivity index (χ1) is 12.5. The van der Waals surface area contributed by atoms with Crippen molar-refractivity contribution in [1.29, 1.82) is 0 Å². The Morgan fingerprint density at radius 1 is 1.35 bits per heavy atom. The van der Waals surface area contributed by atoms with Gasteiger partial charge >= 0.3 is 0 Å². The fourth-order valence-corrected chi connectivity index (χ4v) is 2.26. The molecule has 1 aromatic heterocycles. The van der Waals surface area contributed by atoms with Crippen LogP contribution in [0.15, 0.2) is 23.3 Å². The third-order valence-electron chi connectivity index (χ3n) is 3.47. The molecule has 0 radical (unpaired) electrons. The number of aromatic amines is 1. The van der Waals surface area contributed by atoms with Crippen LogP contribution in [-0.2, 0) is 11.2 Å². The van der Waals surface area contributed by atoms with E-state index in [0.29, 0.717) is 29.3 Å². The van der Waals surface area contributed by atoms with Gasteiger partial charge < -0.3 is 14.4 Å². The number of amides is 1. The summed E-state index contributed by atoms with van der Waals surface area (Å²) in [6, 6.07) is 5.39. The number of hydrogen-bond donors (Lipinski definition) is 1. The molecule has 2 rings (SSSR count). The molecule has 0 spiro atoms. The second-order valence-corrected chi connectivity index (χ2v) is 5.96. The van der Waals surface area contributed by atoms with Gasteiger partial charge in [0.1, 0.15) is 0 Å². The predicted molar refractivity (Wildman–Crippen MR) is 102 cm³/mol. The molecule has 140 valence electrons. The van der Waals surface area contributed by atoms with E-state index in [9.17, 15) is 4.79 Å². The Hall–Kier alpha value is -2.68. The zero-order valence-corrected chi connectivity index (χ0v) is 16.2. The second-order valence-electron chi connectivity index (χ2n) is 5.57. The Morgan fingerprint density at radius 2 is 2.12 bits per heavy atom. The van der Waals surface area contributed by atoms with Crippen molar-refractivity contribution in [2.45, 2.75) is 20.3 Å². The number of aryl methyl sites for hydroxylation is 1. The summed E-state index contributed by atoms with van der Waals surface area (Å²) >= 11 is 5.17. The van der Waals surface area contributed by atoms with Gasteiger partial charge in [0.15, 0.2) is 23.9 Å². The van der Waals surface area contributed by atoms with Crippen LogP contribution in [0.25, 0.3) is 0 Å². The van der Waals surface area contributed by atoms with Crippen molar-refractivity contribution in [3.05, 3.63) is 34.4 Å². The molecular weight excluding hydrogens is 354 g/mol. The number of likely N-dealkylation sites (N-methyl/N-ethyl adjacent to an activating group) is 1. The Morgan fingerprint density at radius 3 is 2.77 bits per heavy atom. The smallest absolute Gasteiger partial charge is 0.259 e. The molecule has 1 aromatic carbocycles. The highest BCUT2D eigenvalue weighted by Crippen LogP contribution is 2.28. The Labute approximate surface area is 157 Å². The number of nitrogens with one attached hydrogen (secondary N) is 1. The van der Waals surface area contributed by atoms with Crippen LogP contribution in [0.2, 0.25) is 0 Å². The van der Waals surface area contributed by atoms with Crippen LogP contribution in [0.5, 0.6) is 11.5 Å². The topological polar surface area (TPSA) is 84.7 Å². The summed E-state index contributed by atoms with van der Waals surface area (Å²) in [5.74, 6) is 1.68. The Kier molecular flexibility index (Phi) is 6.90. The number of nitrogens with zero attached hydrogens (tertiary/aromatic N) is 4. The number of carbonyl (C=O) groups excluding carboxylic acids is 1. The number of aromatic nitrogens is 3. The minimum Gasteiger partial charge on any atom is -0.490 e. The first kappa shape index (κ1) is 19.6. The van der Waals surface area contributed by atoms with E-state index in [4.69, 9.17) is 21.7 Å². The van der Waals surface area contributed by atoms with E-state index in [1.807, 2.05) is 19.9 Å². The Bertz CT molecular complexity index is 841. The maximum atomic E-state index is 11.7. The van der Waals surface area contributed by atoms with E-state index in [2.05, 4.69) is 15.3 Å². The summed E-state index contributed by atoms with van der Waals surface area (Å²) < 4.78 is 13.2. The van der Waals surface area contributed by atoms with E-state index >= 15 is 0 Å². The number of hydrogen-bond acceptors (Lipinski definition) is 6. The molecule has 0 unspecified atom stereocenters. The van der Waals surface area contributed by atoms with E-state index in [1.54, 1.807) is 37.1 Å². The van der Waals surface area contributed by atoms with Gasteiger partial charge in [0, 0.05) is 20.5 Å². The van der Waals surface area contributed by atoms with Crippen LogP contribution in [0.1, 0.15) is 25.2 Å². The SMILES string of the molecule is CCOc1cc(/C=N\n2c(CC)n[nH]c2=S)ccc1OCC(=O)N(C)C. The molecule has 0 bridgehead atoms. The monoisotopic (exact) mass is 377 g/mol. The van der Waals surface area contributed by atoms with Crippen molar-refractivity contribution in [3.63, 3.8) is 0 Å². The molecule has 26 heavy (non-hydrogen) atoms. The summed E-state index contributed by atoms with van der Waals surface area (Å²) in [5, 5.41) is 11.2. The quantitative estimate of drug-likeness (QED) is 0.563. The summed E-state index contributed by atoms with van der Waals surface area (Å²) in [6.45, 7) is 4.29. The maximum absolute atomic E-state index is 11.7. The number of rotatable bonds is 8. The van der Waals surface area contributed by atoms with E-state index in [1.165, 1.54) is 4.90 Å². The zero-order valence-electron chi connectivity index (χ0n) is 15.4. The molecule has 8 nitrogen and oxygen atoms in total. The number of carbonyl (C=O) groups is 1. The third kappa shape index (κ3) is 4.92. The fraction of sp³-hybridized carbons (Fsp3) is 0.412. The van der Waals surface area contributed by atoms with Gasteiger partial charge in [-0.1, -0.05) is 6.92 Å². The number of H-pyrrole nitrogens is 1. The lowest BCUT2D eigenvalue weighted by molar-refractivity contribution is -0.130. The van der Waals surface area contributed by atoms with Crippen molar-refractivity contribution in [1.82, 2.24) is 19.8 Å². The first-order valence-corrected chi connectivity index (χ1v) is 8.67. The van der Waals surface area contributed by atoms with Crippen LogP contribution in [-0.4, -0.2) is 59.2 Å². The highest BCUT2D eigenvalue weighted by molar-refractivity contribution is 7.71. The number of ether oxygens (including phenoxy) is 2. The average molecular weight is 377 g/mol. The van der Waals surface area contributed by atoms with E-state index < -0.39 is 0 Å². The van der Waals surface area contributed by atoms with Crippen LogP contribution in [0.3, 0.4) is 0 Å². The third-order valence-corrected chi connectivity index (χ3v) is 3.74. The van der Waals surface area contributed by atoms with E-state index in [0.717, 1.165) is 11.4 Å². The molecule has 0 fully saturated rings. The first-order valence-electron chi connectivity index (χ1n) is 8.26. The normalized spacial score (nSPS) is 10.9. The molecule has 0 saturated heterocycles. The fourth-order valence-electron chi connectivity index (χ4n) is 2.06. The van der Waals surface area contributed by atoms with Crippen molar-refractivity contribution in [2.75, 3.05) is 27.3 Å². The van der Waals surface area contributed by atoms with Gasteiger partial charge in [0.25, 0.3) is 5.91 Å². The standard InChI is InChI=1S/C17H23N5O3S/c1-5-15-19-20-17(26)22(15)18-10-12-7-8-13(14(9-12)24-6-2)25-11-16(23)21(3)4/h7-10H,5-6,11H2,1-4H3,(H,20,26)/b18-10-. The molecule has 0 aliphatic rings. The minimum absolute atomic E-state index is 0.0510. The minimum atomic E-state index is -0.125. The van der Waals surface area contributed by atoms with Crippen molar-refractivity contribution in [3.8, 4) is 11.5 Å². The lowest BCUT2D eigenvalue weighted by atomic mass is 10.2. The summed E-state index contributed by atoms with van der Waals surface area (Å²) in [7, 11) is 3.36. The Balaban J connectivity index is 2.21. The molecule has 9 heteroatoms. The van der Waals surface area contributed by atoms with Crippen LogP contribution < -0.4 is 9.47 Å². The summed E-state index contributed by atoms with van der Waals surface area (Å²) in [5.41, 5.74) is 0.810. The molecule has 2 aromatic rings. The van der Waals surface area contributed by atoms with Gasteiger partial charge in [0.05, 0.1) is 12.8 Å². The van der Waals surface area contributed by atoms with Gasteiger partial charge in [0.2, 0.25) is 4.77 Å². The van der Waals surface area contributed by atoms with Gasteiger partial charge in [-0.2, -0.15) is 14.9 Å². The molecule has 0 aliphatic carbocycles. The summed E-state index contributed by atoms with van der Waals surface area (Å²) in [6.07, 6.45) is 2.38. The molecule has 1 amide bonds. The molecule has 0 saturated carbocycles. The van der Waals surface area contributed by atoms with Gasteiger partial charge in [-0.15, -0.1) is 0 Å². The molecule has 1 N–H and O–H groups in total. The lowest BCUT2D eigenvalue weighted by Gasteiger charge is -2.14. The average Bonchev–Trinajstić information content (AvgIpc) is 2.98. The highest BCUT2D eigenvalue weighted by Gasteiger charge is 2.10. The zero-order chi connectivity index (χ0) is 19.1. The summed E-state index contributed by atoms with van der Waals surface area (Å²) in [4.78, 5) is 13.2.